The number of ether oxygens (including phenoxy) is 1. The highest BCUT2D eigenvalue weighted by Crippen LogP contribution is 2.26. The molecule has 0 aliphatic rings. The molecule has 1 aromatic rings. The van der Waals surface area contributed by atoms with Crippen molar-refractivity contribution in [3.05, 3.63) is 24.3 Å². The van der Waals surface area contributed by atoms with Crippen molar-refractivity contribution in [3.8, 4) is 5.75 Å². The lowest BCUT2D eigenvalue weighted by Crippen LogP contribution is -2.37. The zero-order chi connectivity index (χ0) is 16.7. The molecule has 2 N–H and O–H groups in total. The first-order valence-corrected chi connectivity index (χ1v) is 8.54. The van der Waals surface area contributed by atoms with Gasteiger partial charge in [0, 0.05) is 24.5 Å². The molecule has 2 unspecified atom stereocenters. The zero-order valence-electron chi connectivity index (χ0n) is 14.2. The summed E-state index contributed by atoms with van der Waals surface area (Å²) in [5, 5.41) is -0.117. The zero-order valence-corrected chi connectivity index (χ0v) is 15.0. The number of nitrogens with two attached hydrogens (primary N) is 1. The summed E-state index contributed by atoms with van der Waals surface area (Å²) < 4.78 is 5.14. The van der Waals surface area contributed by atoms with E-state index in [1.165, 1.54) is 0 Å². The van der Waals surface area contributed by atoms with Gasteiger partial charge in [-0.1, -0.05) is 13.8 Å². The molecule has 0 aromatic heterocycles. The molecule has 22 heavy (non-hydrogen) atoms. The van der Waals surface area contributed by atoms with Crippen LogP contribution in [0.3, 0.4) is 0 Å². The van der Waals surface area contributed by atoms with E-state index in [1.807, 2.05) is 38.2 Å². The highest BCUT2D eigenvalue weighted by Gasteiger charge is 2.19. The lowest BCUT2D eigenvalue weighted by atomic mass is 10.0. The molecule has 124 valence electrons. The first-order valence-electron chi connectivity index (χ1n) is 7.66. The fourth-order valence-electron chi connectivity index (χ4n) is 2.01. The molecule has 4 nitrogen and oxygen atoms in total. The molecule has 5 heteroatoms. The van der Waals surface area contributed by atoms with Crippen molar-refractivity contribution in [1.82, 2.24) is 4.90 Å². The summed E-state index contributed by atoms with van der Waals surface area (Å²) in [5.74, 6) is 1.40. The molecule has 0 aliphatic heterocycles. The molecular weight excluding hydrogens is 296 g/mol. The molecule has 0 bridgehead atoms. The Morgan fingerprint density at radius 2 is 1.86 bits per heavy atom. The second kappa shape index (κ2) is 9.06. The monoisotopic (exact) mass is 324 g/mol. The van der Waals surface area contributed by atoms with E-state index in [0.717, 1.165) is 17.1 Å². The first kappa shape index (κ1) is 18.8. The third-order valence-electron chi connectivity index (χ3n) is 3.75. The topological polar surface area (TPSA) is 55.6 Å². The van der Waals surface area contributed by atoms with Gasteiger partial charge >= 0.3 is 0 Å². The molecule has 2 atom stereocenters. The molecule has 0 saturated heterocycles. The number of methoxy groups -OCH3 is 1. The van der Waals surface area contributed by atoms with Gasteiger partial charge in [-0.2, -0.15) is 0 Å². The number of thioether (sulfide) groups is 1. The Labute approximate surface area is 138 Å². The van der Waals surface area contributed by atoms with Gasteiger partial charge in [0.15, 0.2) is 0 Å². The maximum absolute atomic E-state index is 12.4. The second-order valence-electron chi connectivity index (χ2n) is 5.89. The fourth-order valence-corrected chi connectivity index (χ4v) is 2.99. The normalized spacial score (nSPS) is 13.8. The van der Waals surface area contributed by atoms with E-state index in [-0.39, 0.29) is 17.2 Å². The number of benzene rings is 1. The summed E-state index contributed by atoms with van der Waals surface area (Å²) in [6, 6.07) is 7.90. The van der Waals surface area contributed by atoms with Crippen molar-refractivity contribution in [2.75, 3.05) is 20.7 Å². The standard InChI is InChI=1S/C17H28N2O2S/c1-12(2)16(18)10-11-19(4)17(20)13(3)22-15-8-6-14(21-5)7-9-15/h6-9,12-13,16H,10-11,18H2,1-5H3. The Hall–Kier alpha value is -1.20. The minimum Gasteiger partial charge on any atom is -0.497 e. The van der Waals surface area contributed by atoms with Crippen LogP contribution in [0.15, 0.2) is 29.2 Å². The van der Waals surface area contributed by atoms with E-state index in [4.69, 9.17) is 10.5 Å². The summed E-state index contributed by atoms with van der Waals surface area (Å²) in [7, 11) is 3.49. The molecule has 0 heterocycles. The van der Waals surface area contributed by atoms with Crippen molar-refractivity contribution in [2.45, 2.75) is 43.4 Å². The molecular formula is C17H28N2O2S. The average molecular weight is 324 g/mol. The number of nitrogens with zero attached hydrogens (tertiary/aromatic N) is 1. The van der Waals surface area contributed by atoms with E-state index >= 15 is 0 Å². The van der Waals surface area contributed by atoms with E-state index in [0.29, 0.717) is 12.5 Å². The van der Waals surface area contributed by atoms with Gasteiger partial charge in [-0.15, -0.1) is 11.8 Å². The third kappa shape index (κ3) is 5.89. The van der Waals surface area contributed by atoms with Gasteiger partial charge in [-0.3, -0.25) is 4.79 Å². The Morgan fingerprint density at radius 3 is 2.36 bits per heavy atom. The largest absolute Gasteiger partial charge is 0.497 e. The molecule has 1 aromatic carbocycles. The van der Waals surface area contributed by atoms with E-state index in [2.05, 4.69) is 13.8 Å². The van der Waals surface area contributed by atoms with Crippen molar-refractivity contribution in [1.29, 1.82) is 0 Å². The van der Waals surface area contributed by atoms with Crippen LogP contribution in [0.1, 0.15) is 27.2 Å². The number of amides is 1. The van der Waals surface area contributed by atoms with Crippen LogP contribution in [-0.4, -0.2) is 42.8 Å². The molecule has 0 radical (unpaired) electrons. The molecule has 0 fully saturated rings. The predicted octanol–water partition coefficient (Wildman–Crippen LogP) is 3.01. The summed E-state index contributed by atoms with van der Waals surface area (Å²) in [4.78, 5) is 15.2. The number of hydrogen-bond acceptors (Lipinski definition) is 4. The third-order valence-corrected chi connectivity index (χ3v) is 4.85. The van der Waals surface area contributed by atoms with E-state index in [1.54, 1.807) is 23.8 Å². The van der Waals surface area contributed by atoms with Gasteiger partial charge in [-0.25, -0.2) is 0 Å². The van der Waals surface area contributed by atoms with Gasteiger partial charge in [-0.05, 0) is 43.5 Å². The molecule has 1 rings (SSSR count). The predicted molar refractivity (Wildman–Crippen MR) is 93.4 cm³/mol. The Morgan fingerprint density at radius 1 is 1.27 bits per heavy atom. The number of carbonyl (C=O) groups excluding carboxylic acids is 1. The Balaban J connectivity index is 2.49. The van der Waals surface area contributed by atoms with Crippen LogP contribution in [0.4, 0.5) is 0 Å². The van der Waals surface area contributed by atoms with Gasteiger partial charge in [0.25, 0.3) is 0 Å². The lowest BCUT2D eigenvalue weighted by Gasteiger charge is -2.24. The lowest BCUT2D eigenvalue weighted by molar-refractivity contribution is -0.129. The summed E-state index contributed by atoms with van der Waals surface area (Å²) in [6.45, 7) is 6.85. The maximum atomic E-state index is 12.4. The maximum Gasteiger partial charge on any atom is 0.235 e. The van der Waals surface area contributed by atoms with E-state index in [9.17, 15) is 4.79 Å². The highest BCUT2D eigenvalue weighted by molar-refractivity contribution is 8.00. The summed E-state index contributed by atoms with van der Waals surface area (Å²) >= 11 is 1.56. The minimum absolute atomic E-state index is 0.117. The van der Waals surface area contributed by atoms with Crippen LogP contribution >= 0.6 is 11.8 Å². The van der Waals surface area contributed by atoms with E-state index < -0.39 is 0 Å². The smallest absolute Gasteiger partial charge is 0.235 e. The van der Waals surface area contributed by atoms with Crippen LogP contribution in [0.5, 0.6) is 5.75 Å². The summed E-state index contributed by atoms with van der Waals surface area (Å²) in [5.41, 5.74) is 6.04. The van der Waals surface area contributed by atoms with Gasteiger partial charge in [0.1, 0.15) is 5.75 Å². The Bertz CT molecular complexity index is 462. The number of carbonyl (C=O) groups is 1. The van der Waals surface area contributed by atoms with Crippen molar-refractivity contribution in [2.24, 2.45) is 11.7 Å². The number of rotatable bonds is 8. The van der Waals surface area contributed by atoms with Crippen molar-refractivity contribution < 1.29 is 9.53 Å². The fraction of sp³-hybridized carbons (Fsp3) is 0.588. The molecule has 0 saturated carbocycles. The van der Waals surface area contributed by atoms with Crippen molar-refractivity contribution in [3.63, 3.8) is 0 Å². The van der Waals surface area contributed by atoms with Gasteiger partial charge in [0.05, 0.1) is 12.4 Å². The second-order valence-corrected chi connectivity index (χ2v) is 7.31. The molecule has 0 spiro atoms. The highest BCUT2D eigenvalue weighted by atomic mass is 32.2. The van der Waals surface area contributed by atoms with Gasteiger partial charge in [0.2, 0.25) is 5.91 Å². The van der Waals surface area contributed by atoms with Crippen LogP contribution in [0.2, 0.25) is 0 Å². The Kier molecular flexibility index (Phi) is 7.76. The SMILES string of the molecule is COc1ccc(SC(C)C(=O)N(C)CCC(N)C(C)C)cc1. The van der Waals surface area contributed by atoms with Crippen LogP contribution in [0, 0.1) is 5.92 Å². The van der Waals surface area contributed by atoms with Gasteiger partial charge < -0.3 is 15.4 Å². The average Bonchev–Trinajstić information content (AvgIpc) is 2.51. The molecule has 0 aliphatic carbocycles. The van der Waals surface area contributed by atoms with Crippen molar-refractivity contribution >= 4 is 17.7 Å². The molecule has 1 amide bonds. The van der Waals surface area contributed by atoms with Crippen LogP contribution < -0.4 is 10.5 Å². The quantitative estimate of drug-likeness (QED) is 0.747. The summed E-state index contributed by atoms with van der Waals surface area (Å²) in [6.07, 6.45) is 0.833. The van der Waals surface area contributed by atoms with Crippen LogP contribution in [0.25, 0.3) is 0 Å². The number of hydrogen-bond donors (Lipinski definition) is 1. The minimum atomic E-state index is -0.117. The first-order chi connectivity index (χ1) is 10.3. The van der Waals surface area contributed by atoms with Crippen LogP contribution in [-0.2, 0) is 4.79 Å².